The summed E-state index contributed by atoms with van der Waals surface area (Å²) >= 11 is 4.49. The van der Waals surface area contributed by atoms with Gasteiger partial charge in [-0.05, 0) is 55.5 Å². The minimum atomic E-state index is -4.99. The number of hydrogen-bond acceptors (Lipinski definition) is 7. The number of hydrogen-bond donors (Lipinski definition) is 3. The highest BCUT2D eigenvalue weighted by molar-refractivity contribution is 7.78. The molecule has 0 spiro atoms. The number of isothiocyanates is 1. The fraction of sp³-hybridized carbons (Fsp3) is 0.222. The van der Waals surface area contributed by atoms with Gasteiger partial charge in [0, 0.05) is 17.4 Å². The predicted octanol–water partition coefficient (Wildman–Crippen LogP) is 4.15. The maximum absolute atomic E-state index is 13.1. The number of nitro groups is 1. The number of amides is 1. The van der Waals surface area contributed by atoms with Gasteiger partial charge in [0.1, 0.15) is 5.56 Å². The second-order valence-corrected chi connectivity index (χ2v) is 6.50. The van der Waals surface area contributed by atoms with Crippen molar-refractivity contribution in [2.45, 2.75) is 18.7 Å². The molecule has 2 aromatic rings. The van der Waals surface area contributed by atoms with Gasteiger partial charge in [-0.25, -0.2) is 0 Å². The van der Waals surface area contributed by atoms with Crippen LogP contribution in [0.2, 0.25) is 0 Å². The van der Waals surface area contributed by atoms with Gasteiger partial charge in [-0.15, -0.1) is 0 Å². The van der Waals surface area contributed by atoms with E-state index < -0.39 is 33.9 Å². The Labute approximate surface area is 173 Å². The van der Waals surface area contributed by atoms with E-state index in [0.717, 1.165) is 13.0 Å². The van der Waals surface area contributed by atoms with Crippen LogP contribution in [-0.2, 0) is 11.0 Å². The quantitative estimate of drug-likeness (QED) is 0.258. The molecular weight excluding hydrogens is 425 g/mol. The average molecular weight is 440 g/mol. The van der Waals surface area contributed by atoms with Gasteiger partial charge >= 0.3 is 6.18 Å². The number of carbonyl (C=O) groups is 1. The number of thiocarbonyl (C=S) groups is 1. The van der Waals surface area contributed by atoms with Crippen molar-refractivity contribution in [3.05, 3.63) is 58.1 Å². The van der Waals surface area contributed by atoms with Crippen LogP contribution in [0.3, 0.4) is 0 Å². The molecule has 0 unspecified atom stereocenters. The third kappa shape index (κ3) is 5.83. The molecule has 30 heavy (non-hydrogen) atoms. The molecule has 0 heterocycles. The van der Waals surface area contributed by atoms with Gasteiger partial charge in [0.2, 0.25) is 0 Å². The Balaban J connectivity index is 2.11. The van der Waals surface area contributed by atoms with Crippen LogP contribution >= 0.6 is 12.2 Å². The van der Waals surface area contributed by atoms with Crippen LogP contribution in [0.25, 0.3) is 0 Å². The number of nitro benzene ring substituents is 1. The standard InChI is InChI=1S/C18H15F3N4O4S/c1-17(27,9-22-11-2-4-12(5-3-11)23-10-30)16(26)24-13-6-7-15(25(28)29)14(8-13)18(19,20)21/h2-8,22,27H,9H2,1H3,(H,24,26)/t17-/m0/s1. The Kier molecular flexibility index (Phi) is 6.88. The van der Waals surface area contributed by atoms with Gasteiger partial charge in [0.05, 0.1) is 22.3 Å². The zero-order chi connectivity index (χ0) is 22.5. The summed E-state index contributed by atoms with van der Waals surface area (Å²) in [6.45, 7) is 0.893. The zero-order valence-corrected chi connectivity index (χ0v) is 16.2. The molecule has 158 valence electrons. The smallest absolute Gasteiger partial charge is 0.382 e. The van der Waals surface area contributed by atoms with Crippen molar-refractivity contribution >= 4 is 46.0 Å². The molecule has 1 amide bonds. The first-order chi connectivity index (χ1) is 13.9. The molecule has 0 aliphatic heterocycles. The highest BCUT2D eigenvalue weighted by atomic mass is 32.1. The lowest BCUT2D eigenvalue weighted by Gasteiger charge is -2.23. The van der Waals surface area contributed by atoms with E-state index in [1.165, 1.54) is 0 Å². The molecule has 8 nitrogen and oxygen atoms in total. The van der Waals surface area contributed by atoms with E-state index in [0.29, 0.717) is 23.5 Å². The van der Waals surface area contributed by atoms with E-state index in [1.54, 1.807) is 24.3 Å². The van der Waals surface area contributed by atoms with Crippen molar-refractivity contribution in [3.8, 4) is 0 Å². The molecule has 0 aliphatic carbocycles. The summed E-state index contributed by atoms with van der Waals surface area (Å²) in [5, 5.41) is 28.3. The van der Waals surface area contributed by atoms with Crippen molar-refractivity contribution in [2.24, 2.45) is 4.99 Å². The van der Waals surface area contributed by atoms with Crippen molar-refractivity contribution in [2.75, 3.05) is 17.2 Å². The zero-order valence-electron chi connectivity index (χ0n) is 15.4. The van der Waals surface area contributed by atoms with Crippen LogP contribution in [0.15, 0.2) is 47.5 Å². The molecule has 1 atom stereocenters. The molecule has 3 N–H and O–H groups in total. The fourth-order valence-electron chi connectivity index (χ4n) is 2.33. The number of nitrogens with one attached hydrogen (secondary N) is 2. The van der Waals surface area contributed by atoms with Crippen LogP contribution in [0.4, 0.5) is 35.9 Å². The molecule has 0 fully saturated rings. The van der Waals surface area contributed by atoms with Gasteiger partial charge in [-0.2, -0.15) is 18.2 Å². The normalized spacial score (nSPS) is 13.0. The van der Waals surface area contributed by atoms with E-state index in [1.807, 2.05) is 0 Å². The van der Waals surface area contributed by atoms with Crippen LogP contribution in [0.1, 0.15) is 12.5 Å². The molecule has 0 bridgehead atoms. The monoisotopic (exact) mass is 440 g/mol. The minimum Gasteiger partial charge on any atom is -0.382 e. The Hall–Kier alpha value is -3.34. The maximum Gasteiger partial charge on any atom is 0.423 e. The second kappa shape index (κ2) is 8.99. The number of benzene rings is 2. The summed E-state index contributed by atoms with van der Waals surface area (Å²) < 4.78 is 39.2. The lowest BCUT2D eigenvalue weighted by atomic mass is 10.1. The number of rotatable bonds is 7. The fourth-order valence-corrected chi connectivity index (χ4v) is 2.43. The summed E-state index contributed by atoms with van der Waals surface area (Å²) in [7, 11) is 0. The number of carbonyl (C=O) groups excluding carboxylic acids is 1. The lowest BCUT2D eigenvalue weighted by Crippen LogP contribution is -2.45. The van der Waals surface area contributed by atoms with E-state index in [-0.39, 0.29) is 12.2 Å². The first-order valence-electron chi connectivity index (χ1n) is 8.25. The number of alkyl halides is 3. The third-order valence-corrected chi connectivity index (χ3v) is 4.02. The molecule has 0 radical (unpaired) electrons. The highest BCUT2D eigenvalue weighted by Gasteiger charge is 2.39. The number of aliphatic imine (C=N–C) groups is 1. The van der Waals surface area contributed by atoms with E-state index in [4.69, 9.17) is 0 Å². The lowest BCUT2D eigenvalue weighted by molar-refractivity contribution is -0.388. The molecule has 0 aromatic heterocycles. The Bertz CT molecular complexity index is 1000. The number of anilines is 2. The highest BCUT2D eigenvalue weighted by Crippen LogP contribution is 2.37. The Morgan fingerprint density at radius 1 is 1.23 bits per heavy atom. The third-order valence-electron chi connectivity index (χ3n) is 3.92. The summed E-state index contributed by atoms with van der Waals surface area (Å²) in [5.41, 5.74) is -3.91. The van der Waals surface area contributed by atoms with Gasteiger partial charge in [-0.3, -0.25) is 14.9 Å². The minimum absolute atomic E-state index is 0.270. The summed E-state index contributed by atoms with van der Waals surface area (Å²) in [6.07, 6.45) is -4.99. The predicted molar refractivity (Wildman–Crippen MR) is 107 cm³/mol. The van der Waals surface area contributed by atoms with Crippen molar-refractivity contribution in [1.82, 2.24) is 0 Å². The number of aliphatic hydroxyl groups is 1. The Morgan fingerprint density at radius 2 is 1.83 bits per heavy atom. The van der Waals surface area contributed by atoms with Crippen LogP contribution < -0.4 is 10.6 Å². The summed E-state index contributed by atoms with van der Waals surface area (Å²) in [4.78, 5) is 25.7. The number of nitrogens with zero attached hydrogens (tertiary/aromatic N) is 2. The second-order valence-electron chi connectivity index (χ2n) is 6.32. The maximum atomic E-state index is 13.1. The molecule has 0 saturated heterocycles. The van der Waals surface area contributed by atoms with Crippen LogP contribution in [0, 0.1) is 10.1 Å². The molecule has 12 heteroatoms. The molecule has 2 rings (SSSR count). The van der Waals surface area contributed by atoms with Crippen molar-refractivity contribution in [1.29, 1.82) is 0 Å². The Morgan fingerprint density at radius 3 is 2.37 bits per heavy atom. The largest absolute Gasteiger partial charge is 0.423 e. The van der Waals surface area contributed by atoms with Gasteiger partial charge in [0.15, 0.2) is 5.60 Å². The first-order valence-corrected chi connectivity index (χ1v) is 8.66. The summed E-state index contributed by atoms with van der Waals surface area (Å²) in [6, 6.07) is 8.49. The molecule has 0 saturated carbocycles. The van der Waals surface area contributed by atoms with E-state index in [9.17, 15) is 33.2 Å². The van der Waals surface area contributed by atoms with Crippen molar-refractivity contribution in [3.63, 3.8) is 0 Å². The van der Waals surface area contributed by atoms with Crippen LogP contribution in [-0.4, -0.2) is 33.2 Å². The van der Waals surface area contributed by atoms with Crippen LogP contribution in [0.5, 0.6) is 0 Å². The number of halogens is 3. The van der Waals surface area contributed by atoms with E-state index in [2.05, 4.69) is 33.0 Å². The van der Waals surface area contributed by atoms with Gasteiger partial charge in [-0.1, -0.05) is 0 Å². The molecule has 2 aromatic carbocycles. The molecular formula is C18H15F3N4O4S. The average Bonchev–Trinajstić information content (AvgIpc) is 2.67. The topological polar surface area (TPSA) is 117 Å². The van der Waals surface area contributed by atoms with Crippen molar-refractivity contribution < 1.29 is 28.0 Å². The SMILES string of the molecule is C[C@](O)(CNc1ccc(N=C=S)cc1)C(=O)Nc1ccc([N+](=O)[O-])c(C(F)(F)F)c1. The molecule has 0 aliphatic rings. The van der Waals surface area contributed by atoms with Gasteiger partial charge in [0.25, 0.3) is 11.6 Å². The van der Waals surface area contributed by atoms with E-state index >= 15 is 0 Å². The first kappa shape index (κ1) is 22.9. The summed E-state index contributed by atoms with van der Waals surface area (Å²) in [5.74, 6) is -1.00. The van der Waals surface area contributed by atoms with Gasteiger partial charge < -0.3 is 15.7 Å².